The summed E-state index contributed by atoms with van der Waals surface area (Å²) in [4.78, 5) is 13.9. The summed E-state index contributed by atoms with van der Waals surface area (Å²) in [6.07, 6.45) is 5.89. The molecule has 1 saturated heterocycles. The molecule has 2 heterocycles. The lowest BCUT2D eigenvalue weighted by molar-refractivity contribution is -0.111. The molecule has 7 nitrogen and oxygen atoms in total. The van der Waals surface area contributed by atoms with Crippen molar-refractivity contribution in [1.82, 2.24) is 4.72 Å². The molecule has 0 saturated carbocycles. The molecule has 1 amide bonds. The summed E-state index contributed by atoms with van der Waals surface area (Å²) in [5.74, 6) is -1.54. The van der Waals surface area contributed by atoms with Gasteiger partial charge in [0, 0.05) is 24.9 Å². The molecule has 0 aliphatic carbocycles. The van der Waals surface area contributed by atoms with Crippen molar-refractivity contribution in [3.05, 3.63) is 83.8 Å². The standard InChI is InChI=1S/C24H23F2N3O4S/c25-21-14-18(15-22(26)24(21)29-11-1-2-12-29)28-23(30)10-7-17-5-8-20(9-6-17)34(31,32)27-16-19-4-3-13-33-19/h3-10,13-15,27H,1-2,11-12,16H2,(H,28,30). The molecular weight excluding hydrogens is 464 g/mol. The Morgan fingerprint density at radius 1 is 1.06 bits per heavy atom. The number of furan rings is 1. The third-order valence-electron chi connectivity index (χ3n) is 5.34. The average molecular weight is 488 g/mol. The Balaban J connectivity index is 1.36. The Labute approximate surface area is 196 Å². The van der Waals surface area contributed by atoms with E-state index in [0.29, 0.717) is 24.4 Å². The highest BCUT2D eigenvalue weighted by atomic mass is 32.2. The first-order valence-corrected chi connectivity index (χ1v) is 12.2. The minimum Gasteiger partial charge on any atom is -0.468 e. The van der Waals surface area contributed by atoms with Crippen LogP contribution >= 0.6 is 0 Å². The van der Waals surface area contributed by atoms with E-state index in [2.05, 4.69) is 10.0 Å². The minimum absolute atomic E-state index is 0.0108. The van der Waals surface area contributed by atoms with Crippen LogP contribution in [0.3, 0.4) is 0 Å². The molecule has 2 N–H and O–H groups in total. The molecule has 0 bridgehead atoms. The first-order valence-electron chi connectivity index (χ1n) is 10.7. The molecule has 1 aromatic heterocycles. The van der Waals surface area contributed by atoms with Gasteiger partial charge >= 0.3 is 0 Å². The third-order valence-corrected chi connectivity index (χ3v) is 6.76. The Morgan fingerprint density at radius 3 is 2.35 bits per heavy atom. The van der Waals surface area contributed by atoms with Gasteiger partial charge in [0.25, 0.3) is 0 Å². The normalized spacial score (nSPS) is 14.1. The second kappa shape index (κ2) is 10.2. The van der Waals surface area contributed by atoms with E-state index in [9.17, 15) is 22.0 Å². The molecule has 0 spiro atoms. The highest BCUT2D eigenvalue weighted by molar-refractivity contribution is 7.89. The second-order valence-corrected chi connectivity index (χ2v) is 9.55. The smallest absolute Gasteiger partial charge is 0.248 e. The highest BCUT2D eigenvalue weighted by Gasteiger charge is 2.21. The molecule has 34 heavy (non-hydrogen) atoms. The van der Waals surface area contributed by atoms with Crippen molar-refractivity contribution in [2.24, 2.45) is 0 Å². The number of sulfonamides is 1. The van der Waals surface area contributed by atoms with Crippen molar-refractivity contribution in [2.45, 2.75) is 24.3 Å². The van der Waals surface area contributed by atoms with Crippen LogP contribution in [0, 0.1) is 11.6 Å². The SMILES string of the molecule is O=C(C=Cc1ccc(S(=O)(=O)NCc2ccco2)cc1)Nc1cc(F)c(N2CCCC2)c(F)c1. The van der Waals surface area contributed by atoms with E-state index in [4.69, 9.17) is 4.42 Å². The van der Waals surface area contributed by atoms with Gasteiger partial charge < -0.3 is 14.6 Å². The van der Waals surface area contributed by atoms with Crippen molar-refractivity contribution in [2.75, 3.05) is 23.3 Å². The fraction of sp³-hybridized carbons (Fsp3) is 0.208. The van der Waals surface area contributed by atoms with Crippen LogP contribution in [-0.4, -0.2) is 27.4 Å². The first-order chi connectivity index (χ1) is 16.3. The quantitative estimate of drug-likeness (QED) is 0.463. The minimum atomic E-state index is -3.73. The van der Waals surface area contributed by atoms with Crippen molar-refractivity contribution in [1.29, 1.82) is 0 Å². The molecule has 2 aromatic carbocycles. The number of halogens is 2. The average Bonchev–Trinajstić information content (AvgIpc) is 3.51. The predicted molar refractivity (Wildman–Crippen MR) is 125 cm³/mol. The van der Waals surface area contributed by atoms with Crippen molar-refractivity contribution < 1.29 is 26.4 Å². The maximum absolute atomic E-state index is 14.4. The van der Waals surface area contributed by atoms with Crippen molar-refractivity contribution in [3.8, 4) is 0 Å². The molecule has 1 aliphatic heterocycles. The van der Waals surface area contributed by atoms with E-state index < -0.39 is 27.6 Å². The number of carbonyl (C=O) groups is 1. The topological polar surface area (TPSA) is 91.6 Å². The molecule has 1 fully saturated rings. The van der Waals surface area contributed by atoms with Crippen molar-refractivity contribution in [3.63, 3.8) is 0 Å². The molecule has 1 aliphatic rings. The summed E-state index contributed by atoms with van der Waals surface area (Å²) in [5.41, 5.74) is 0.512. The van der Waals surface area contributed by atoms with E-state index in [1.807, 2.05) is 0 Å². The number of nitrogens with zero attached hydrogens (tertiary/aromatic N) is 1. The summed E-state index contributed by atoms with van der Waals surface area (Å²) < 4.78 is 61.1. The number of rotatable bonds is 8. The van der Waals surface area contributed by atoms with Gasteiger partial charge in [-0.2, -0.15) is 0 Å². The molecule has 10 heteroatoms. The second-order valence-electron chi connectivity index (χ2n) is 7.78. The van der Waals surface area contributed by atoms with Crippen LogP contribution in [0.15, 0.2) is 70.2 Å². The fourth-order valence-electron chi connectivity index (χ4n) is 3.66. The van der Waals surface area contributed by atoms with E-state index >= 15 is 0 Å². The van der Waals surface area contributed by atoms with Gasteiger partial charge in [-0.05, 0) is 60.9 Å². The van der Waals surface area contributed by atoms with Crippen LogP contribution < -0.4 is 14.9 Å². The molecule has 178 valence electrons. The van der Waals surface area contributed by atoms with Crippen LogP contribution in [0.25, 0.3) is 6.08 Å². The maximum Gasteiger partial charge on any atom is 0.248 e. The summed E-state index contributed by atoms with van der Waals surface area (Å²) in [6.45, 7) is 1.22. The zero-order chi connectivity index (χ0) is 24.1. The zero-order valence-electron chi connectivity index (χ0n) is 18.1. The largest absolute Gasteiger partial charge is 0.468 e. The number of carbonyl (C=O) groups excluding carboxylic acids is 1. The zero-order valence-corrected chi connectivity index (χ0v) is 18.9. The van der Waals surface area contributed by atoms with E-state index in [1.54, 1.807) is 17.0 Å². The van der Waals surface area contributed by atoms with E-state index in [1.165, 1.54) is 42.7 Å². The lowest BCUT2D eigenvalue weighted by atomic mass is 10.2. The summed E-state index contributed by atoms with van der Waals surface area (Å²) in [7, 11) is -3.73. The van der Waals surface area contributed by atoms with Crippen LogP contribution in [0.1, 0.15) is 24.2 Å². The number of amides is 1. The highest BCUT2D eigenvalue weighted by Crippen LogP contribution is 2.29. The van der Waals surface area contributed by atoms with Gasteiger partial charge in [0.05, 0.1) is 17.7 Å². The number of hydrogen-bond acceptors (Lipinski definition) is 5. The Bertz CT molecular complexity index is 1260. The monoisotopic (exact) mass is 487 g/mol. The van der Waals surface area contributed by atoms with Gasteiger partial charge in [0.2, 0.25) is 15.9 Å². The first kappa shape index (κ1) is 23.7. The van der Waals surface area contributed by atoms with E-state index in [-0.39, 0.29) is 22.8 Å². The molecule has 0 radical (unpaired) electrons. The van der Waals surface area contributed by atoms with Gasteiger partial charge in [0.1, 0.15) is 11.4 Å². The van der Waals surface area contributed by atoms with Crippen LogP contribution in [0.4, 0.5) is 20.2 Å². The van der Waals surface area contributed by atoms with Crippen LogP contribution in [0.5, 0.6) is 0 Å². The van der Waals surface area contributed by atoms with Gasteiger partial charge in [-0.25, -0.2) is 21.9 Å². The van der Waals surface area contributed by atoms with Gasteiger partial charge in [-0.1, -0.05) is 12.1 Å². The number of nitrogens with one attached hydrogen (secondary N) is 2. The van der Waals surface area contributed by atoms with Crippen LogP contribution in [-0.2, 0) is 21.4 Å². The molecule has 3 aromatic rings. The summed E-state index contributed by atoms with van der Waals surface area (Å²) >= 11 is 0. The molecule has 0 atom stereocenters. The number of benzene rings is 2. The third kappa shape index (κ3) is 5.70. The summed E-state index contributed by atoms with van der Waals surface area (Å²) in [6, 6.07) is 11.4. The predicted octanol–water partition coefficient (Wildman–Crippen LogP) is 4.29. The van der Waals surface area contributed by atoms with E-state index in [0.717, 1.165) is 25.0 Å². The molecule has 4 rings (SSSR count). The lowest BCUT2D eigenvalue weighted by Crippen LogP contribution is -2.22. The van der Waals surface area contributed by atoms with Gasteiger partial charge in [-0.3, -0.25) is 4.79 Å². The van der Waals surface area contributed by atoms with Gasteiger partial charge in [0.15, 0.2) is 11.6 Å². The fourth-order valence-corrected chi connectivity index (χ4v) is 4.65. The lowest BCUT2D eigenvalue weighted by Gasteiger charge is -2.19. The molecule has 0 unspecified atom stereocenters. The summed E-state index contributed by atoms with van der Waals surface area (Å²) in [5, 5.41) is 2.44. The Morgan fingerprint density at radius 2 is 1.74 bits per heavy atom. The Hall–Kier alpha value is -3.50. The Kier molecular flexibility index (Phi) is 7.09. The van der Waals surface area contributed by atoms with Crippen LogP contribution in [0.2, 0.25) is 0 Å². The molecular formula is C24H23F2N3O4S. The number of anilines is 2. The maximum atomic E-state index is 14.4. The van der Waals surface area contributed by atoms with Gasteiger partial charge in [-0.15, -0.1) is 0 Å². The number of hydrogen-bond donors (Lipinski definition) is 2. The van der Waals surface area contributed by atoms with Crippen molar-refractivity contribution >= 4 is 33.4 Å².